The molecular formula is C16H23N3. The van der Waals surface area contributed by atoms with Gasteiger partial charge in [0, 0.05) is 19.3 Å². The van der Waals surface area contributed by atoms with Crippen molar-refractivity contribution in [2.45, 2.75) is 26.3 Å². The van der Waals surface area contributed by atoms with Crippen LogP contribution in [0.15, 0.2) is 42.7 Å². The number of aromatic nitrogens is 2. The third kappa shape index (κ3) is 3.67. The maximum absolute atomic E-state index is 4.24. The molecule has 19 heavy (non-hydrogen) atoms. The molecular weight excluding hydrogens is 234 g/mol. The van der Waals surface area contributed by atoms with Crippen LogP contribution < -0.4 is 5.32 Å². The Hall–Kier alpha value is -1.61. The molecule has 0 spiro atoms. The average molecular weight is 257 g/mol. The molecule has 3 heteroatoms. The standard InChI is InChI=1S/C16H23N3/c1-4-17-16(15-8-6-5-7-9-15)13(2)10-14-11-18-19(3)12-14/h5-9,11-13,16-17H,4,10H2,1-3H3. The Morgan fingerprint density at radius 2 is 2.00 bits per heavy atom. The van der Waals surface area contributed by atoms with E-state index >= 15 is 0 Å². The number of rotatable bonds is 6. The molecule has 1 aromatic carbocycles. The van der Waals surface area contributed by atoms with Crippen LogP contribution in [0.25, 0.3) is 0 Å². The number of nitrogens with one attached hydrogen (secondary N) is 1. The summed E-state index contributed by atoms with van der Waals surface area (Å²) in [5.41, 5.74) is 2.66. The van der Waals surface area contributed by atoms with Crippen LogP contribution >= 0.6 is 0 Å². The van der Waals surface area contributed by atoms with E-state index in [-0.39, 0.29) is 0 Å². The van der Waals surface area contributed by atoms with Crippen LogP contribution in [-0.2, 0) is 13.5 Å². The molecule has 2 atom stereocenters. The Labute approximate surface area is 115 Å². The third-order valence-corrected chi connectivity index (χ3v) is 3.47. The fraction of sp³-hybridized carbons (Fsp3) is 0.438. The van der Waals surface area contributed by atoms with Crippen molar-refractivity contribution in [3.05, 3.63) is 53.9 Å². The van der Waals surface area contributed by atoms with Gasteiger partial charge in [0.25, 0.3) is 0 Å². The van der Waals surface area contributed by atoms with Gasteiger partial charge >= 0.3 is 0 Å². The largest absolute Gasteiger partial charge is 0.310 e. The van der Waals surface area contributed by atoms with Crippen molar-refractivity contribution in [2.24, 2.45) is 13.0 Å². The molecule has 0 aliphatic carbocycles. The van der Waals surface area contributed by atoms with Gasteiger partial charge in [-0.05, 0) is 30.0 Å². The van der Waals surface area contributed by atoms with E-state index in [2.05, 4.69) is 60.8 Å². The van der Waals surface area contributed by atoms with Gasteiger partial charge in [-0.15, -0.1) is 0 Å². The first-order valence-corrected chi connectivity index (χ1v) is 6.96. The molecule has 1 N–H and O–H groups in total. The normalized spacial score (nSPS) is 14.3. The molecule has 3 nitrogen and oxygen atoms in total. The molecule has 0 saturated carbocycles. The molecule has 2 unspecified atom stereocenters. The van der Waals surface area contributed by atoms with Crippen LogP contribution in [0.2, 0.25) is 0 Å². The molecule has 2 aromatic rings. The maximum atomic E-state index is 4.24. The van der Waals surface area contributed by atoms with Crippen LogP contribution in [0.3, 0.4) is 0 Å². The van der Waals surface area contributed by atoms with Crippen molar-refractivity contribution < 1.29 is 0 Å². The predicted molar refractivity (Wildman–Crippen MR) is 78.9 cm³/mol. The Kier molecular flexibility index (Phi) is 4.74. The van der Waals surface area contributed by atoms with Crippen molar-refractivity contribution in [3.8, 4) is 0 Å². The highest BCUT2D eigenvalue weighted by atomic mass is 15.2. The van der Waals surface area contributed by atoms with Crippen LogP contribution in [0.5, 0.6) is 0 Å². The lowest BCUT2D eigenvalue weighted by atomic mass is 9.90. The highest BCUT2D eigenvalue weighted by Crippen LogP contribution is 2.24. The minimum absolute atomic E-state index is 0.395. The fourth-order valence-corrected chi connectivity index (χ4v) is 2.59. The molecule has 0 aliphatic heterocycles. The molecule has 0 radical (unpaired) electrons. The summed E-state index contributed by atoms with van der Waals surface area (Å²) in [7, 11) is 1.97. The molecule has 0 fully saturated rings. The summed E-state index contributed by atoms with van der Waals surface area (Å²) in [6.07, 6.45) is 5.11. The SMILES string of the molecule is CCNC(c1ccccc1)C(C)Cc1cnn(C)c1. The van der Waals surface area contributed by atoms with Gasteiger partial charge in [0.2, 0.25) is 0 Å². The molecule has 0 bridgehead atoms. The molecule has 0 amide bonds. The van der Waals surface area contributed by atoms with Gasteiger partial charge in [0.1, 0.15) is 0 Å². The van der Waals surface area contributed by atoms with Gasteiger partial charge in [-0.1, -0.05) is 44.2 Å². The second kappa shape index (κ2) is 6.53. The maximum Gasteiger partial charge on any atom is 0.0521 e. The van der Waals surface area contributed by atoms with Gasteiger partial charge in [0.15, 0.2) is 0 Å². The lowest BCUT2D eigenvalue weighted by molar-refractivity contribution is 0.391. The highest BCUT2D eigenvalue weighted by Gasteiger charge is 2.18. The lowest BCUT2D eigenvalue weighted by Crippen LogP contribution is -2.27. The van der Waals surface area contributed by atoms with Crippen LogP contribution in [0.1, 0.15) is 31.0 Å². The first-order valence-electron chi connectivity index (χ1n) is 6.96. The third-order valence-electron chi connectivity index (χ3n) is 3.47. The Morgan fingerprint density at radius 1 is 1.26 bits per heavy atom. The Balaban J connectivity index is 2.10. The smallest absolute Gasteiger partial charge is 0.0521 e. The summed E-state index contributed by atoms with van der Waals surface area (Å²) >= 11 is 0. The van der Waals surface area contributed by atoms with E-state index in [0.29, 0.717) is 12.0 Å². The van der Waals surface area contributed by atoms with E-state index in [1.165, 1.54) is 11.1 Å². The van der Waals surface area contributed by atoms with Crippen molar-refractivity contribution in [1.82, 2.24) is 15.1 Å². The van der Waals surface area contributed by atoms with Crippen molar-refractivity contribution in [2.75, 3.05) is 6.54 Å². The Morgan fingerprint density at radius 3 is 2.58 bits per heavy atom. The molecule has 102 valence electrons. The topological polar surface area (TPSA) is 29.9 Å². The summed E-state index contributed by atoms with van der Waals surface area (Å²) in [5, 5.41) is 7.84. The zero-order valence-corrected chi connectivity index (χ0v) is 12.0. The van der Waals surface area contributed by atoms with Gasteiger partial charge in [-0.2, -0.15) is 5.10 Å². The van der Waals surface area contributed by atoms with E-state index in [9.17, 15) is 0 Å². The van der Waals surface area contributed by atoms with Gasteiger partial charge in [-0.3, -0.25) is 4.68 Å². The average Bonchev–Trinajstić information content (AvgIpc) is 2.82. The molecule has 0 aliphatic rings. The van der Waals surface area contributed by atoms with Crippen LogP contribution in [0, 0.1) is 5.92 Å². The van der Waals surface area contributed by atoms with Crippen molar-refractivity contribution >= 4 is 0 Å². The number of nitrogens with zero attached hydrogens (tertiary/aromatic N) is 2. The first-order chi connectivity index (χ1) is 9.20. The zero-order chi connectivity index (χ0) is 13.7. The first kappa shape index (κ1) is 13.8. The minimum atomic E-state index is 0.395. The number of aryl methyl sites for hydroxylation is 1. The monoisotopic (exact) mass is 257 g/mol. The predicted octanol–water partition coefficient (Wildman–Crippen LogP) is 2.95. The molecule has 0 saturated heterocycles. The number of hydrogen-bond donors (Lipinski definition) is 1. The van der Waals surface area contributed by atoms with Gasteiger partial charge in [-0.25, -0.2) is 0 Å². The van der Waals surface area contributed by atoms with Crippen LogP contribution in [-0.4, -0.2) is 16.3 Å². The quantitative estimate of drug-likeness (QED) is 0.862. The van der Waals surface area contributed by atoms with Crippen molar-refractivity contribution in [3.63, 3.8) is 0 Å². The summed E-state index contributed by atoms with van der Waals surface area (Å²) in [5.74, 6) is 0.534. The summed E-state index contributed by atoms with van der Waals surface area (Å²) in [6, 6.07) is 11.1. The zero-order valence-electron chi connectivity index (χ0n) is 12.0. The van der Waals surface area contributed by atoms with E-state index in [1.54, 1.807) is 0 Å². The van der Waals surface area contributed by atoms with Gasteiger partial charge < -0.3 is 5.32 Å². The summed E-state index contributed by atoms with van der Waals surface area (Å²) in [6.45, 7) is 5.44. The Bertz CT molecular complexity index is 490. The second-order valence-electron chi connectivity index (χ2n) is 5.15. The van der Waals surface area contributed by atoms with Crippen molar-refractivity contribution in [1.29, 1.82) is 0 Å². The molecule has 1 heterocycles. The van der Waals surface area contributed by atoms with E-state index in [0.717, 1.165) is 13.0 Å². The van der Waals surface area contributed by atoms with E-state index < -0.39 is 0 Å². The number of benzene rings is 1. The lowest BCUT2D eigenvalue weighted by Gasteiger charge is -2.25. The summed E-state index contributed by atoms with van der Waals surface area (Å²) in [4.78, 5) is 0. The second-order valence-corrected chi connectivity index (χ2v) is 5.15. The number of hydrogen-bond acceptors (Lipinski definition) is 2. The van der Waals surface area contributed by atoms with E-state index in [4.69, 9.17) is 0 Å². The fourth-order valence-electron chi connectivity index (χ4n) is 2.59. The highest BCUT2D eigenvalue weighted by molar-refractivity contribution is 5.20. The van der Waals surface area contributed by atoms with E-state index in [1.807, 2.05) is 17.9 Å². The molecule has 2 rings (SSSR count). The summed E-state index contributed by atoms with van der Waals surface area (Å²) < 4.78 is 1.87. The van der Waals surface area contributed by atoms with Crippen LogP contribution in [0.4, 0.5) is 0 Å². The molecule has 1 aromatic heterocycles. The minimum Gasteiger partial charge on any atom is -0.310 e. The van der Waals surface area contributed by atoms with Gasteiger partial charge in [0.05, 0.1) is 6.20 Å².